The van der Waals surface area contributed by atoms with E-state index in [1.165, 1.54) is 12.1 Å². The van der Waals surface area contributed by atoms with Crippen molar-refractivity contribution in [3.63, 3.8) is 0 Å². The highest BCUT2D eigenvalue weighted by molar-refractivity contribution is 7.91. The maximum Gasteiger partial charge on any atom is 0.194 e. The first kappa shape index (κ1) is 19.7. The summed E-state index contributed by atoms with van der Waals surface area (Å²) in [4.78, 5) is 8.69. The number of nitrogens with one attached hydrogen (secondary N) is 1. The molecule has 1 heterocycles. The molecule has 0 bridgehead atoms. The Hall–Kier alpha value is -1.67. The van der Waals surface area contributed by atoms with Crippen molar-refractivity contribution in [3.8, 4) is 0 Å². The molecular formula is C17H27FN4O2S. The van der Waals surface area contributed by atoms with Gasteiger partial charge in [0.15, 0.2) is 15.8 Å². The molecule has 0 spiro atoms. The van der Waals surface area contributed by atoms with Gasteiger partial charge in [-0.05, 0) is 24.6 Å². The molecule has 25 heavy (non-hydrogen) atoms. The molecule has 0 aliphatic carbocycles. The van der Waals surface area contributed by atoms with Crippen LogP contribution in [0.15, 0.2) is 29.3 Å². The van der Waals surface area contributed by atoms with Crippen LogP contribution in [-0.2, 0) is 16.4 Å². The lowest BCUT2D eigenvalue weighted by molar-refractivity contribution is 0.303. The summed E-state index contributed by atoms with van der Waals surface area (Å²) in [5.74, 6) is 0.983. The summed E-state index contributed by atoms with van der Waals surface area (Å²) in [5.41, 5.74) is 0.884. The van der Waals surface area contributed by atoms with Crippen molar-refractivity contribution in [2.75, 3.05) is 51.3 Å². The first-order chi connectivity index (χ1) is 11.9. The quantitative estimate of drug-likeness (QED) is 0.597. The molecule has 2 rings (SSSR count). The minimum absolute atomic E-state index is 0.232. The van der Waals surface area contributed by atoms with Gasteiger partial charge in [0, 0.05) is 39.8 Å². The van der Waals surface area contributed by atoms with E-state index in [4.69, 9.17) is 0 Å². The number of benzene rings is 1. The second kappa shape index (κ2) is 9.15. The molecule has 1 aromatic rings. The van der Waals surface area contributed by atoms with Crippen molar-refractivity contribution < 1.29 is 12.8 Å². The lowest BCUT2D eigenvalue weighted by Crippen LogP contribution is -2.42. The fraction of sp³-hybridized carbons (Fsp3) is 0.588. The smallest absolute Gasteiger partial charge is 0.194 e. The molecule has 0 unspecified atom stereocenters. The second-order valence-corrected chi connectivity index (χ2v) is 8.52. The number of sulfone groups is 1. The van der Waals surface area contributed by atoms with Crippen molar-refractivity contribution in [2.24, 2.45) is 4.99 Å². The lowest BCUT2D eigenvalue weighted by atomic mass is 10.2. The molecule has 0 aromatic heterocycles. The molecule has 1 N–H and O–H groups in total. The average Bonchev–Trinajstić information content (AvgIpc) is 2.55. The van der Waals surface area contributed by atoms with E-state index in [-0.39, 0.29) is 17.3 Å². The van der Waals surface area contributed by atoms with Gasteiger partial charge >= 0.3 is 0 Å². The van der Waals surface area contributed by atoms with Crippen LogP contribution in [0.3, 0.4) is 0 Å². The minimum atomic E-state index is -2.85. The first-order valence-corrected chi connectivity index (χ1v) is 10.4. The van der Waals surface area contributed by atoms with Crippen LogP contribution in [0.2, 0.25) is 0 Å². The van der Waals surface area contributed by atoms with Crippen molar-refractivity contribution in [3.05, 3.63) is 35.6 Å². The summed E-state index contributed by atoms with van der Waals surface area (Å²) in [5, 5.41) is 3.24. The van der Waals surface area contributed by atoms with E-state index in [1.807, 2.05) is 24.9 Å². The highest BCUT2D eigenvalue weighted by atomic mass is 32.2. The zero-order valence-electron chi connectivity index (χ0n) is 14.9. The maximum absolute atomic E-state index is 13.3. The van der Waals surface area contributed by atoms with Crippen LogP contribution in [0.25, 0.3) is 0 Å². The minimum Gasteiger partial charge on any atom is -0.357 e. The number of hydrogen-bond acceptors (Lipinski definition) is 4. The molecule has 140 valence electrons. The molecule has 8 heteroatoms. The maximum atomic E-state index is 13.3. The van der Waals surface area contributed by atoms with Crippen LogP contribution in [0, 0.1) is 5.82 Å². The third kappa shape index (κ3) is 6.62. The topological polar surface area (TPSA) is 65.0 Å². The molecule has 0 atom stereocenters. The number of guanidine groups is 1. The normalized spacial score (nSPS) is 18.1. The van der Waals surface area contributed by atoms with E-state index in [0.29, 0.717) is 26.2 Å². The Bertz CT molecular complexity index is 680. The molecule has 0 radical (unpaired) electrons. The van der Waals surface area contributed by atoms with Crippen LogP contribution in [-0.4, -0.2) is 75.5 Å². The van der Waals surface area contributed by atoms with E-state index >= 15 is 0 Å². The van der Waals surface area contributed by atoms with Gasteiger partial charge in [-0.25, -0.2) is 12.8 Å². The fourth-order valence-electron chi connectivity index (χ4n) is 2.72. The number of nitrogens with zero attached hydrogens (tertiary/aromatic N) is 3. The molecule has 1 aromatic carbocycles. The van der Waals surface area contributed by atoms with Gasteiger partial charge in [0.05, 0.1) is 18.1 Å². The molecule has 1 aliphatic rings. The highest BCUT2D eigenvalue weighted by Gasteiger charge is 2.20. The Morgan fingerprint density at radius 3 is 2.72 bits per heavy atom. The summed E-state index contributed by atoms with van der Waals surface area (Å²) in [7, 11) is -0.929. The van der Waals surface area contributed by atoms with E-state index < -0.39 is 9.84 Å². The Labute approximate surface area is 149 Å². The van der Waals surface area contributed by atoms with Gasteiger partial charge in [0.25, 0.3) is 0 Å². The van der Waals surface area contributed by atoms with Gasteiger partial charge < -0.3 is 10.2 Å². The zero-order valence-corrected chi connectivity index (χ0v) is 15.7. The Morgan fingerprint density at radius 1 is 1.36 bits per heavy atom. The van der Waals surface area contributed by atoms with E-state index in [0.717, 1.165) is 24.6 Å². The van der Waals surface area contributed by atoms with Crippen LogP contribution in [0.1, 0.15) is 12.5 Å². The van der Waals surface area contributed by atoms with Gasteiger partial charge in [-0.2, -0.15) is 0 Å². The molecule has 1 aliphatic heterocycles. The van der Waals surface area contributed by atoms with Crippen LogP contribution >= 0.6 is 0 Å². The summed E-state index contributed by atoms with van der Waals surface area (Å²) < 4.78 is 36.2. The molecule has 1 fully saturated rings. The molecule has 1 saturated heterocycles. The molecular weight excluding hydrogens is 343 g/mol. The van der Waals surface area contributed by atoms with Gasteiger partial charge in [0.1, 0.15) is 5.82 Å². The van der Waals surface area contributed by atoms with Crippen molar-refractivity contribution >= 4 is 15.8 Å². The van der Waals surface area contributed by atoms with Crippen LogP contribution in [0.4, 0.5) is 4.39 Å². The lowest BCUT2D eigenvalue weighted by Gasteiger charge is -2.26. The van der Waals surface area contributed by atoms with Gasteiger partial charge in [-0.3, -0.25) is 9.89 Å². The Balaban J connectivity index is 1.89. The van der Waals surface area contributed by atoms with E-state index in [1.54, 1.807) is 6.07 Å². The van der Waals surface area contributed by atoms with Gasteiger partial charge in [0.2, 0.25) is 0 Å². The summed E-state index contributed by atoms with van der Waals surface area (Å²) >= 11 is 0. The van der Waals surface area contributed by atoms with Gasteiger partial charge in [-0.1, -0.05) is 12.1 Å². The van der Waals surface area contributed by atoms with E-state index in [2.05, 4.69) is 15.2 Å². The zero-order chi connectivity index (χ0) is 18.3. The van der Waals surface area contributed by atoms with Crippen molar-refractivity contribution in [1.29, 1.82) is 0 Å². The molecule has 0 amide bonds. The predicted octanol–water partition coefficient (Wildman–Crippen LogP) is 0.953. The molecule has 6 nitrogen and oxygen atoms in total. The fourth-order valence-corrected chi connectivity index (χ4v) is 4.00. The predicted molar refractivity (Wildman–Crippen MR) is 98.9 cm³/mol. The standard InChI is InChI=1S/C17H27FN4O2S/c1-3-19-17(21(2)14-15-5-4-6-16(18)13-15)20-7-8-22-9-11-25(23,24)12-10-22/h4-6,13H,3,7-12,14H2,1-2H3,(H,19,20). The largest absolute Gasteiger partial charge is 0.357 e. The van der Waals surface area contributed by atoms with Crippen molar-refractivity contribution in [2.45, 2.75) is 13.5 Å². The number of rotatable bonds is 6. The highest BCUT2D eigenvalue weighted by Crippen LogP contribution is 2.07. The summed E-state index contributed by atoms with van der Waals surface area (Å²) in [6.07, 6.45) is 0. The number of aliphatic imine (C=N–C) groups is 1. The van der Waals surface area contributed by atoms with Gasteiger partial charge in [-0.15, -0.1) is 0 Å². The van der Waals surface area contributed by atoms with Crippen LogP contribution < -0.4 is 5.32 Å². The third-order valence-corrected chi connectivity index (χ3v) is 5.73. The number of halogens is 1. The second-order valence-electron chi connectivity index (χ2n) is 6.22. The summed E-state index contributed by atoms with van der Waals surface area (Å²) in [6, 6.07) is 6.54. The molecule has 0 saturated carbocycles. The Morgan fingerprint density at radius 2 is 2.08 bits per heavy atom. The van der Waals surface area contributed by atoms with E-state index in [9.17, 15) is 12.8 Å². The monoisotopic (exact) mass is 370 g/mol. The average molecular weight is 370 g/mol. The first-order valence-electron chi connectivity index (χ1n) is 8.56. The SMILES string of the molecule is CCNC(=NCCN1CCS(=O)(=O)CC1)N(C)Cc1cccc(F)c1. The van der Waals surface area contributed by atoms with Crippen LogP contribution in [0.5, 0.6) is 0 Å². The third-order valence-electron chi connectivity index (χ3n) is 4.12. The summed E-state index contributed by atoms with van der Waals surface area (Å²) in [6.45, 7) is 5.79. The van der Waals surface area contributed by atoms with Crippen molar-refractivity contribution in [1.82, 2.24) is 15.1 Å². The Kier molecular flexibility index (Phi) is 7.19. The number of hydrogen-bond donors (Lipinski definition) is 1.